The molecule has 11 heteroatoms. The summed E-state index contributed by atoms with van der Waals surface area (Å²) in [4.78, 5) is 40.8. The van der Waals surface area contributed by atoms with Crippen LogP contribution in [0.1, 0.15) is 24.6 Å². The molecule has 0 saturated carbocycles. The number of urea groups is 1. The number of carbonyl (C=O) groups is 3. The number of hydrogen-bond donors (Lipinski definition) is 3. The molecule has 3 N–H and O–H groups in total. The van der Waals surface area contributed by atoms with Gasteiger partial charge in [0.1, 0.15) is 5.75 Å². The lowest BCUT2D eigenvalue weighted by molar-refractivity contribution is -0.140. The molecule has 0 bridgehead atoms. The third kappa shape index (κ3) is 5.11. The van der Waals surface area contributed by atoms with Crippen LogP contribution in [-0.2, 0) is 14.3 Å². The third-order valence-electron chi connectivity index (χ3n) is 6.33. The number of carbonyl (C=O) groups excluding carboxylic acids is 3. The Balaban J connectivity index is 1.49. The molecule has 0 radical (unpaired) electrons. The van der Waals surface area contributed by atoms with Gasteiger partial charge in [-0.2, -0.15) is 0 Å². The molecule has 5 unspecified atom stereocenters. The topological polar surface area (TPSA) is 112 Å². The van der Waals surface area contributed by atoms with Crippen molar-refractivity contribution in [3.63, 3.8) is 0 Å². The van der Waals surface area contributed by atoms with E-state index in [2.05, 4.69) is 16.0 Å². The van der Waals surface area contributed by atoms with Gasteiger partial charge in [0.15, 0.2) is 0 Å². The summed E-state index contributed by atoms with van der Waals surface area (Å²) in [5, 5.41) is 9.40. The average Bonchev–Trinajstić information content (AvgIpc) is 3.36. The van der Waals surface area contributed by atoms with E-state index >= 15 is 0 Å². The summed E-state index contributed by atoms with van der Waals surface area (Å²) in [6.07, 6.45) is 1.21. The second-order valence-electron chi connectivity index (χ2n) is 8.48. The van der Waals surface area contributed by atoms with Crippen molar-refractivity contribution in [1.82, 2.24) is 25.8 Å². The van der Waals surface area contributed by atoms with Crippen molar-refractivity contribution in [3.8, 4) is 5.75 Å². The average molecular weight is 478 g/mol. The molecular formula is C22H31N5O5S. The van der Waals surface area contributed by atoms with Gasteiger partial charge in [-0.25, -0.2) is 4.79 Å². The quantitative estimate of drug-likeness (QED) is 0.526. The molecule has 180 valence electrons. The number of benzene rings is 1. The van der Waals surface area contributed by atoms with Gasteiger partial charge in [-0.15, -0.1) is 11.8 Å². The number of hydrogen-bond acceptors (Lipinski definition) is 8. The Morgan fingerprint density at radius 1 is 1.30 bits per heavy atom. The van der Waals surface area contributed by atoms with E-state index in [-0.39, 0.29) is 41.2 Å². The Morgan fingerprint density at radius 2 is 2.12 bits per heavy atom. The molecule has 4 rings (SSSR count). The lowest BCUT2D eigenvalue weighted by Gasteiger charge is -2.50. The van der Waals surface area contributed by atoms with Gasteiger partial charge in [-0.1, -0.05) is 12.1 Å². The lowest BCUT2D eigenvalue weighted by Crippen LogP contribution is -2.72. The SMILES string of the molecule is COc1cccc(C2NC(SCC(=O)NCC3CCCO3)C3C(=O)N(C)C(=O)N(C)C3N2)c1. The molecule has 3 saturated heterocycles. The first kappa shape index (κ1) is 23.8. The van der Waals surface area contributed by atoms with Gasteiger partial charge >= 0.3 is 6.03 Å². The van der Waals surface area contributed by atoms with Crippen molar-refractivity contribution in [2.24, 2.45) is 5.92 Å². The van der Waals surface area contributed by atoms with Crippen LogP contribution in [0, 0.1) is 5.92 Å². The molecule has 3 heterocycles. The van der Waals surface area contributed by atoms with Gasteiger partial charge in [0.05, 0.1) is 42.6 Å². The Hall–Kier alpha value is -2.34. The van der Waals surface area contributed by atoms with Crippen molar-refractivity contribution in [2.45, 2.75) is 36.7 Å². The first-order chi connectivity index (χ1) is 15.9. The van der Waals surface area contributed by atoms with Crippen molar-refractivity contribution in [2.75, 3.05) is 40.1 Å². The molecule has 33 heavy (non-hydrogen) atoms. The number of amides is 4. The summed E-state index contributed by atoms with van der Waals surface area (Å²) < 4.78 is 10.9. The van der Waals surface area contributed by atoms with Crippen molar-refractivity contribution in [1.29, 1.82) is 0 Å². The molecule has 0 spiro atoms. The fourth-order valence-electron chi connectivity index (χ4n) is 4.46. The standard InChI is InChI=1S/C22H31N5O5S/c1-26-19-17(21(29)27(2)22(26)30)20(33-12-16(28)23-11-15-8-5-9-32-15)25-18(24-19)13-6-4-7-14(10-13)31-3/h4,6-7,10,15,17-20,24-25H,5,8-9,11-12H2,1-3H3,(H,23,28). The van der Waals surface area contributed by atoms with Crippen LogP contribution in [0.25, 0.3) is 0 Å². The van der Waals surface area contributed by atoms with Crippen molar-refractivity contribution < 1.29 is 23.9 Å². The van der Waals surface area contributed by atoms with E-state index in [0.29, 0.717) is 12.3 Å². The highest BCUT2D eigenvalue weighted by Crippen LogP contribution is 2.34. The zero-order valence-electron chi connectivity index (χ0n) is 19.1. The molecule has 0 aliphatic carbocycles. The summed E-state index contributed by atoms with van der Waals surface area (Å²) in [5.74, 6) is -0.0289. The Kier molecular flexibility index (Phi) is 7.42. The molecule has 3 aliphatic rings. The number of nitrogens with zero attached hydrogens (tertiary/aromatic N) is 2. The maximum absolute atomic E-state index is 13.1. The normalized spacial score (nSPS) is 29.7. The molecular weight excluding hydrogens is 446 g/mol. The molecule has 4 amide bonds. The number of ether oxygens (including phenoxy) is 2. The van der Waals surface area contributed by atoms with Crippen LogP contribution in [0.3, 0.4) is 0 Å². The van der Waals surface area contributed by atoms with E-state index in [9.17, 15) is 14.4 Å². The van der Waals surface area contributed by atoms with Crippen molar-refractivity contribution >= 4 is 29.6 Å². The molecule has 5 atom stereocenters. The minimum absolute atomic E-state index is 0.0750. The van der Waals surface area contributed by atoms with Crippen LogP contribution in [-0.4, -0.2) is 85.4 Å². The Bertz CT molecular complexity index is 896. The Labute approximate surface area is 197 Å². The van der Waals surface area contributed by atoms with Gasteiger partial charge in [0, 0.05) is 27.2 Å². The molecule has 1 aromatic carbocycles. The fraction of sp³-hybridized carbons (Fsp3) is 0.591. The first-order valence-electron chi connectivity index (χ1n) is 11.1. The molecule has 3 aliphatic heterocycles. The number of thioether (sulfide) groups is 1. The van der Waals surface area contributed by atoms with E-state index in [1.165, 1.54) is 18.8 Å². The minimum Gasteiger partial charge on any atom is -0.497 e. The highest BCUT2D eigenvalue weighted by Gasteiger charge is 2.51. The predicted octanol–water partition coefficient (Wildman–Crippen LogP) is 0.707. The van der Waals surface area contributed by atoms with Gasteiger partial charge in [-0.05, 0) is 30.5 Å². The van der Waals surface area contributed by atoms with E-state index in [4.69, 9.17) is 9.47 Å². The molecule has 0 aromatic heterocycles. The van der Waals surface area contributed by atoms with Crippen molar-refractivity contribution in [3.05, 3.63) is 29.8 Å². The van der Waals surface area contributed by atoms with E-state index in [0.717, 1.165) is 29.9 Å². The second-order valence-corrected chi connectivity index (χ2v) is 9.60. The monoisotopic (exact) mass is 477 g/mol. The predicted molar refractivity (Wildman–Crippen MR) is 123 cm³/mol. The minimum atomic E-state index is -0.546. The zero-order chi connectivity index (χ0) is 23.5. The van der Waals surface area contributed by atoms with Crippen LogP contribution in [0.5, 0.6) is 5.75 Å². The number of methoxy groups -OCH3 is 1. The third-order valence-corrected chi connectivity index (χ3v) is 7.55. The number of nitrogens with one attached hydrogen (secondary N) is 3. The summed E-state index contributed by atoms with van der Waals surface area (Å²) in [5.41, 5.74) is 0.911. The fourth-order valence-corrected chi connectivity index (χ4v) is 5.60. The van der Waals surface area contributed by atoms with Crippen LogP contribution in [0.2, 0.25) is 0 Å². The number of rotatable bonds is 7. The maximum atomic E-state index is 13.1. The summed E-state index contributed by atoms with van der Waals surface area (Å²) in [7, 11) is 4.77. The van der Waals surface area contributed by atoms with Gasteiger partial charge < -0.3 is 19.7 Å². The van der Waals surface area contributed by atoms with Crippen LogP contribution in [0.4, 0.5) is 4.79 Å². The van der Waals surface area contributed by atoms with Crippen LogP contribution in [0.15, 0.2) is 24.3 Å². The molecule has 3 fully saturated rings. The van der Waals surface area contributed by atoms with E-state index in [1.54, 1.807) is 19.1 Å². The number of fused-ring (bicyclic) bond motifs is 1. The molecule has 1 aromatic rings. The molecule has 10 nitrogen and oxygen atoms in total. The van der Waals surface area contributed by atoms with Gasteiger partial charge in [0.25, 0.3) is 0 Å². The maximum Gasteiger partial charge on any atom is 0.327 e. The highest BCUT2D eigenvalue weighted by atomic mass is 32.2. The first-order valence-corrected chi connectivity index (χ1v) is 12.1. The van der Waals surface area contributed by atoms with Crippen LogP contribution < -0.4 is 20.7 Å². The van der Waals surface area contributed by atoms with Gasteiger partial charge in [0.2, 0.25) is 11.8 Å². The van der Waals surface area contributed by atoms with Gasteiger partial charge in [-0.3, -0.25) is 25.1 Å². The van der Waals surface area contributed by atoms with Crippen LogP contribution >= 0.6 is 11.8 Å². The largest absolute Gasteiger partial charge is 0.497 e. The number of imide groups is 1. The summed E-state index contributed by atoms with van der Waals surface area (Å²) >= 11 is 1.37. The lowest BCUT2D eigenvalue weighted by atomic mass is 9.96. The highest BCUT2D eigenvalue weighted by molar-refractivity contribution is 8.00. The van der Waals surface area contributed by atoms with E-state index < -0.39 is 12.1 Å². The second kappa shape index (κ2) is 10.3. The van der Waals surface area contributed by atoms with E-state index in [1.807, 2.05) is 24.3 Å². The Morgan fingerprint density at radius 3 is 2.85 bits per heavy atom. The zero-order valence-corrected chi connectivity index (χ0v) is 19.9. The smallest absolute Gasteiger partial charge is 0.327 e. The summed E-state index contributed by atoms with van der Waals surface area (Å²) in [6.45, 7) is 1.24. The summed E-state index contributed by atoms with van der Waals surface area (Å²) in [6, 6.07) is 7.23.